The van der Waals surface area contributed by atoms with Gasteiger partial charge in [-0.3, -0.25) is 0 Å². The van der Waals surface area contributed by atoms with E-state index in [1.165, 1.54) is 32.1 Å². The van der Waals surface area contributed by atoms with Crippen LogP contribution in [0.5, 0.6) is 0 Å². The normalized spacial score (nSPS) is 26.8. The molecular formula is C11H15N. The largest absolute Gasteiger partial charge is 0.193 e. The Hall–Kier alpha value is -0.770. The van der Waals surface area contributed by atoms with Gasteiger partial charge in [0.05, 0.1) is 6.07 Å². The topological polar surface area (TPSA) is 23.8 Å². The Morgan fingerprint density at radius 3 is 2.67 bits per heavy atom. The summed E-state index contributed by atoms with van der Waals surface area (Å²) in [6.45, 7) is 0. The standard InChI is InChI=1S/C11H15N/c12-9-10-4-3-7-11(8-10)5-1-2-6-11/h4H,1-3,5-8H2. The van der Waals surface area contributed by atoms with Gasteiger partial charge in [-0.2, -0.15) is 5.26 Å². The molecule has 0 heterocycles. The van der Waals surface area contributed by atoms with Crippen molar-refractivity contribution >= 4 is 0 Å². The third-order valence-corrected chi connectivity index (χ3v) is 3.44. The fraction of sp³-hybridized carbons (Fsp3) is 0.727. The molecule has 0 N–H and O–H groups in total. The molecule has 2 aliphatic carbocycles. The highest BCUT2D eigenvalue weighted by Gasteiger charge is 2.35. The van der Waals surface area contributed by atoms with E-state index in [1.54, 1.807) is 0 Å². The molecule has 64 valence electrons. The maximum Gasteiger partial charge on any atom is 0.0943 e. The van der Waals surface area contributed by atoms with Crippen LogP contribution in [0.2, 0.25) is 0 Å². The summed E-state index contributed by atoms with van der Waals surface area (Å²) in [6, 6.07) is 2.32. The highest BCUT2D eigenvalue weighted by atomic mass is 14.4. The monoisotopic (exact) mass is 161 g/mol. The maximum atomic E-state index is 8.82. The second-order valence-corrected chi connectivity index (χ2v) is 4.26. The van der Waals surface area contributed by atoms with Crippen LogP contribution in [0, 0.1) is 16.7 Å². The molecule has 0 amide bonds. The smallest absolute Gasteiger partial charge is 0.0943 e. The van der Waals surface area contributed by atoms with Gasteiger partial charge in [0, 0.05) is 5.57 Å². The van der Waals surface area contributed by atoms with Crippen molar-refractivity contribution < 1.29 is 0 Å². The van der Waals surface area contributed by atoms with Crippen molar-refractivity contribution in [3.63, 3.8) is 0 Å². The zero-order valence-corrected chi connectivity index (χ0v) is 7.47. The summed E-state index contributed by atoms with van der Waals surface area (Å²) in [4.78, 5) is 0. The van der Waals surface area contributed by atoms with Crippen LogP contribution in [0.3, 0.4) is 0 Å². The van der Waals surface area contributed by atoms with Gasteiger partial charge < -0.3 is 0 Å². The Morgan fingerprint density at radius 1 is 1.25 bits per heavy atom. The minimum Gasteiger partial charge on any atom is -0.193 e. The van der Waals surface area contributed by atoms with Crippen LogP contribution in [-0.4, -0.2) is 0 Å². The maximum absolute atomic E-state index is 8.82. The summed E-state index contributed by atoms with van der Waals surface area (Å²) in [5, 5.41) is 8.82. The molecule has 0 radical (unpaired) electrons. The minimum atomic E-state index is 0.555. The zero-order chi connectivity index (χ0) is 8.44. The van der Waals surface area contributed by atoms with Crippen molar-refractivity contribution in [2.75, 3.05) is 0 Å². The minimum absolute atomic E-state index is 0.555. The van der Waals surface area contributed by atoms with Gasteiger partial charge in [0.1, 0.15) is 0 Å². The SMILES string of the molecule is N#CC1=CCCC2(CCCC2)C1. The fourth-order valence-electron chi connectivity index (χ4n) is 2.75. The van der Waals surface area contributed by atoms with E-state index in [4.69, 9.17) is 5.26 Å². The number of nitriles is 1. The van der Waals surface area contributed by atoms with E-state index in [1.807, 2.05) is 0 Å². The molecule has 1 nitrogen and oxygen atoms in total. The third-order valence-electron chi connectivity index (χ3n) is 3.44. The van der Waals surface area contributed by atoms with Crippen LogP contribution in [0.4, 0.5) is 0 Å². The number of rotatable bonds is 0. The van der Waals surface area contributed by atoms with Crippen molar-refractivity contribution in [3.8, 4) is 6.07 Å². The Labute approximate surface area is 74.1 Å². The Kier molecular flexibility index (Phi) is 1.92. The summed E-state index contributed by atoms with van der Waals surface area (Å²) in [6.07, 6.45) is 11.2. The van der Waals surface area contributed by atoms with Gasteiger partial charge in [0.15, 0.2) is 0 Å². The number of nitrogens with zero attached hydrogens (tertiary/aromatic N) is 1. The molecule has 0 saturated heterocycles. The summed E-state index contributed by atoms with van der Waals surface area (Å²) in [5.74, 6) is 0. The van der Waals surface area contributed by atoms with Crippen LogP contribution in [-0.2, 0) is 0 Å². The van der Waals surface area contributed by atoms with Crippen LogP contribution in [0.15, 0.2) is 11.6 Å². The van der Waals surface area contributed by atoms with Crippen molar-refractivity contribution in [3.05, 3.63) is 11.6 Å². The first-order chi connectivity index (χ1) is 5.85. The Bertz CT molecular complexity index is 238. The molecule has 0 aromatic heterocycles. The van der Waals surface area contributed by atoms with Crippen molar-refractivity contribution in [1.29, 1.82) is 5.26 Å². The molecule has 12 heavy (non-hydrogen) atoms. The number of allylic oxidation sites excluding steroid dienone is 2. The average molecular weight is 161 g/mol. The van der Waals surface area contributed by atoms with Crippen LogP contribution < -0.4 is 0 Å². The fourth-order valence-corrected chi connectivity index (χ4v) is 2.75. The Balaban J connectivity index is 2.12. The van der Waals surface area contributed by atoms with Gasteiger partial charge in [0.25, 0.3) is 0 Å². The van der Waals surface area contributed by atoms with Gasteiger partial charge in [0.2, 0.25) is 0 Å². The molecule has 0 aromatic rings. The summed E-state index contributed by atoms with van der Waals surface area (Å²) < 4.78 is 0. The third kappa shape index (κ3) is 1.27. The average Bonchev–Trinajstić information content (AvgIpc) is 2.53. The van der Waals surface area contributed by atoms with Crippen molar-refractivity contribution in [2.24, 2.45) is 5.41 Å². The molecule has 0 aliphatic heterocycles. The van der Waals surface area contributed by atoms with Gasteiger partial charge in [-0.05, 0) is 37.5 Å². The van der Waals surface area contributed by atoms with E-state index < -0.39 is 0 Å². The van der Waals surface area contributed by atoms with E-state index in [-0.39, 0.29) is 0 Å². The quantitative estimate of drug-likeness (QED) is 0.535. The predicted molar refractivity (Wildman–Crippen MR) is 48.4 cm³/mol. The molecule has 2 rings (SSSR count). The van der Waals surface area contributed by atoms with Crippen molar-refractivity contribution in [1.82, 2.24) is 0 Å². The first kappa shape index (κ1) is 7.86. The zero-order valence-electron chi connectivity index (χ0n) is 7.47. The summed E-state index contributed by atoms with van der Waals surface area (Å²) >= 11 is 0. The lowest BCUT2D eigenvalue weighted by Crippen LogP contribution is -2.19. The van der Waals surface area contributed by atoms with E-state index in [0.29, 0.717) is 5.41 Å². The van der Waals surface area contributed by atoms with Gasteiger partial charge in [-0.15, -0.1) is 0 Å². The van der Waals surface area contributed by atoms with Crippen LogP contribution in [0.25, 0.3) is 0 Å². The summed E-state index contributed by atoms with van der Waals surface area (Å²) in [7, 11) is 0. The second-order valence-electron chi connectivity index (χ2n) is 4.26. The van der Waals surface area contributed by atoms with Gasteiger partial charge in [-0.25, -0.2) is 0 Å². The van der Waals surface area contributed by atoms with E-state index in [0.717, 1.165) is 18.4 Å². The molecule has 1 fully saturated rings. The highest BCUT2D eigenvalue weighted by Crippen LogP contribution is 2.48. The summed E-state index contributed by atoms with van der Waals surface area (Å²) in [5.41, 5.74) is 1.60. The van der Waals surface area contributed by atoms with Gasteiger partial charge in [-0.1, -0.05) is 18.9 Å². The lowest BCUT2D eigenvalue weighted by atomic mass is 9.73. The van der Waals surface area contributed by atoms with E-state index in [2.05, 4.69) is 12.1 Å². The van der Waals surface area contributed by atoms with E-state index in [9.17, 15) is 0 Å². The molecule has 2 aliphatic rings. The van der Waals surface area contributed by atoms with Crippen molar-refractivity contribution in [2.45, 2.75) is 44.9 Å². The van der Waals surface area contributed by atoms with Gasteiger partial charge >= 0.3 is 0 Å². The lowest BCUT2D eigenvalue weighted by Gasteiger charge is -2.31. The first-order valence-corrected chi connectivity index (χ1v) is 4.94. The molecule has 0 atom stereocenters. The number of hydrogen-bond donors (Lipinski definition) is 0. The first-order valence-electron chi connectivity index (χ1n) is 4.94. The molecule has 1 spiro atoms. The van der Waals surface area contributed by atoms with Crippen LogP contribution in [0.1, 0.15) is 44.9 Å². The molecule has 0 unspecified atom stereocenters. The van der Waals surface area contributed by atoms with E-state index >= 15 is 0 Å². The Morgan fingerprint density at radius 2 is 2.00 bits per heavy atom. The van der Waals surface area contributed by atoms with Crippen LogP contribution >= 0.6 is 0 Å². The molecule has 0 aromatic carbocycles. The molecule has 0 bridgehead atoms. The second kappa shape index (κ2) is 2.94. The molecule has 1 heteroatoms. The number of hydrogen-bond acceptors (Lipinski definition) is 1. The molecular weight excluding hydrogens is 146 g/mol. The predicted octanol–water partition coefficient (Wildman–Crippen LogP) is 3.18. The molecule has 1 saturated carbocycles. The lowest BCUT2D eigenvalue weighted by molar-refractivity contribution is 0.262. The highest BCUT2D eigenvalue weighted by molar-refractivity contribution is 5.25.